The molecule has 2 bridgehead atoms. The first kappa shape index (κ1) is 19.6. The number of benzene rings is 1. The van der Waals surface area contributed by atoms with Crippen molar-refractivity contribution in [2.75, 3.05) is 0 Å². The van der Waals surface area contributed by atoms with Gasteiger partial charge >= 0.3 is 12.3 Å². The molecule has 3 heterocycles. The van der Waals surface area contributed by atoms with Crippen LogP contribution in [0.15, 0.2) is 42.7 Å². The molecule has 0 saturated carbocycles. The summed E-state index contributed by atoms with van der Waals surface area (Å²) in [4.78, 5) is 21.0. The number of carbonyl (C=O) groups is 1. The first-order valence-electron chi connectivity index (χ1n) is 9.37. The number of ether oxygens (including phenoxy) is 1. The van der Waals surface area contributed by atoms with E-state index in [9.17, 15) is 23.1 Å². The number of aromatic nitrogens is 2. The van der Waals surface area contributed by atoms with Crippen molar-refractivity contribution in [3.63, 3.8) is 0 Å². The van der Waals surface area contributed by atoms with Crippen LogP contribution < -0.4 is 0 Å². The Morgan fingerprint density at radius 2 is 1.72 bits per heavy atom. The van der Waals surface area contributed by atoms with E-state index in [0.29, 0.717) is 12.8 Å². The minimum Gasteiger partial charge on any atom is -0.445 e. The number of rotatable bonds is 3. The van der Waals surface area contributed by atoms with Gasteiger partial charge in [0.15, 0.2) is 0 Å². The molecular weight excluding hydrogens is 387 g/mol. The van der Waals surface area contributed by atoms with E-state index in [-0.39, 0.29) is 37.1 Å². The zero-order chi connectivity index (χ0) is 20.6. The fourth-order valence-corrected chi connectivity index (χ4v) is 4.27. The molecule has 4 rings (SSSR count). The van der Waals surface area contributed by atoms with Crippen LogP contribution >= 0.6 is 0 Å². The molecule has 2 aliphatic heterocycles. The molecule has 2 atom stereocenters. The number of nitrogens with zero attached hydrogens (tertiary/aromatic N) is 3. The number of amides is 1. The van der Waals surface area contributed by atoms with Crippen molar-refractivity contribution in [3.05, 3.63) is 59.7 Å². The van der Waals surface area contributed by atoms with Crippen LogP contribution in [-0.4, -0.2) is 38.2 Å². The maximum Gasteiger partial charge on any atom is 0.451 e. The molecule has 1 aromatic heterocycles. The highest BCUT2D eigenvalue weighted by Gasteiger charge is 2.51. The van der Waals surface area contributed by atoms with E-state index in [2.05, 4.69) is 9.97 Å². The van der Waals surface area contributed by atoms with Gasteiger partial charge in [-0.25, -0.2) is 14.8 Å². The third-order valence-electron chi connectivity index (χ3n) is 5.63. The molecule has 0 aliphatic carbocycles. The van der Waals surface area contributed by atoms with E-state index >= 15 is 0 Å². The first-order chi connectivity index (χ1) is 13.8. The molecule has 1 amide bonds. The molecule has 2 aliphatic rings. The summed E-state index contributed by atoms with van der Waals surface area (Å²) in [5.41, 5.74) is -0.255. The number of alkyl halides is 3. The van der Waals surface area contributed by atoms with Crippen LogP contribution in [-0.2, 0) is 23.1 Å². The summed E-state index contributed by atoms with van der Waals surface area (Å²) in [6.07, 6.45) is -1.20. The predicted octanol–water partition coefficient (Wildman–Crippen LogP) is 3.65. The summed E-state index contributed by atoms with van der Waals surface area (Å²) in [5, 5.41) is 11.1. The average molecular weight is 407 g/mol. The summed E-state index contributed by atoms with van der Waals surface area (Å²) in [6, 6.07) is 8.83. The average Bonchev–Trinajstić information content (AvgIpc) is 2.98. The lowest BCUT2D eigenvalue weighted by Gasteiger charge is -2.43. The largest absolute Gasteiger partial charge is 0.451 e. The van der Waals surface area contributed by atoms with Gasteiger partial charge < -0.3 is 14.7 Å². The van der Waals surface area contributed by atoms with Crippen molar-refractivity contribution in [2.45, 2.75) is 56.2 Å². The highest BCUT2D eigenvalue weighted by atomic mass is 19.4. The van der Waals surface area contributed by atoms with Gasteiger partial charge in [-0.1, -0.05) is 30.3 Å². The SMILES string of the molecule is O=C(OCc1ccccc1)N1C2CCC1CC(O)(c1cnc(C(F)(F)F)nc1)C2. The molecule has 9 heteroatoms. The lowest BCUT2D eigenvalue weighted by molar-refractivity contribution is -0.145. The van der Waals surface area contributed by atoms with Crippen molar-refractivity contribution in [1.82, 2.24) is 14.9 Å². The summed E-state index contributed by atoms with van der Waals surface area (Å²) < 4.78 is 43.5. The lowest BCUT2D eigenvalue weighted by Crippen LogP contribution is -2.52. The zero-order valence-corrected chi connectivity index (χ0v) is 15.5. The van der Waals surface area contributed by atoms with Gasteiger partial charge in [-0.05, 0) is 18.4 Å². The Morgan fingerprint density at radius 3 is 2.28 bits per heavy atom. The van der Waals surface area contributed by atoms with Gasteiger partial charge in [0.1, 0.15) is 6.61 Å². The van der Waals surface area contributed by atoms with Gasteiger partial charge in [-0.2, -0.15) is 13.2 Å². The molecule has 6 nitrogen and oxygen atoms in total. The smallest absolute Gasteiger partial charge is 0.445 e. The second-order valence-corrected chi connectivity index (χ2v) is 7.57. The molecule has 29 heavy (non-hydrogen) atoms. The highest BCUT2D eigenvalue weighted by Crippen LogP contribution is 2.46. The molecule has 2 unspecified atom stereocenters. The Labute approximate surface area is 165 Å². The Morgan fingerprint density at radius 1 is 1.14 bits per heavy atom. The number of halogens is 3. The molecular formula is C20H20F3N3O3. The van der Waals surface area contributed by atoms with Crippen LogP contribution in [0, 0.1) is 0 Å². The van der Waals surface area contributed by atoms with E-state index in [0.717, 1.165) is 18.0 Å². The fraction of sp³-hybridized carbons (Fsp3) is 0.450. The monoisotopic (exact) mass is 407 g/mol. The summed E-state index contributed by atoms with van der Waals surface area (Å²) in [5.74, 6) is -1.24. The van der Waals surface area contributed by atoms with E-state index in [1.165, 1.54) is 0 Å². The van der Waals surface area contributed by atoms with Gasteiger partial charge in [0.2, 0.25) is 5.82 Å². The van der Waals surface area contributed by atoms with Crippen molar-refractivity contribution in [2.24, 2.45) is 0 Å². The second-order valence-electron chi connectivity index (χ2n) is 7.57. The molecule has 154 valence electrons. The van der Waals surface area contributed by atoms with Crippen LogP contribution in [0.1, 0.15) is 42.6 Å². The third-order valence-corrected chi connectivity index (χ3v) is 5.63. The van der Waals surface area contributed by atoms with Crippen LogP contribution in [0.5, 0.6) is 0 Å². The summed E-state index contributed by atoms with van der Waals surface area (Å²) in [7, 11) is 0. The molecule has 1 aromatic carbocycles. The standard InChI is InChI=1S/C20H20F3N3O3/c21-20(22,23)17-24-10-14(11-25-17)19(28)8-15-6-7-16(9-19)26(15)18(27)29-12-13-4-2-1-3-5-13/h1-5,10-11,15-16,28H,6-9,12H2. The minimum atomic E-state index is -4.63. The van der Waals surface area contributed by atoms with Crippen LogP contribution in [0.2, 0.25) is 0 Å². The molecule has 0 spiro atoms. The molecule has 0 radical (unpaired) electrons. The Kier molecular flexibility index (Phi) is 4.94. The summed E-state index contributed by atoms with van der Waals surface area (Å²) in [6.45, 7) is 0.159. The quantitative estimate of drug-likeness (QED) is 0.841. The van der Waals surface area contributed by atoms with Crippen molar-refractivity contribution in [3.8, 4) is 0 Å². The van der Waals surface area contributed by atoms with Gasteiger partial charge in [-0.3, -0.25) is 0 Å². The minimum absolute atomic E-state index is 0.159. The van der Waals surface area contributed by atoms with Gasteiger partial charge in [0, 0.05) is 42.9 Å². The highest BCUT2D eigenvalue weighted by molar-refractivity contribution is 5.69. The van der Waals surface area contributed by atoms with Crippen LogP contribution in [0.4, 0.5) is 18.0 Å². The van der Waals surface area contributed by atoms with Crippen molar-refractivity contribution >= 4 is 6.09 Å². The maximum absolute atomic E-state index is 12.7. The van der Waals surface area contributed by atoms with Gasteiger partial charge in [0.25, 0.3) is 0 Å². The van der Waals surface area contributed by atoms with E-state index in [1.54, 1.807) is 4.90 Å². The maximum atomic E-state index is 12.7. The second kappa shape index (κ2) is 7.29. The molecule has 1 N–H and O–H groups in total. The van der Waals surface area contributed by atoms with Crippen molar-refractivity contribution < 1.29 is 27.8 Å². The topological polar surface area (TPSA) is 75.5 Å². The van der Waals surface area contributed by atoms with Crippen LogP contribution in [0.3, 0.4) is 0 Å². The van der Waals surface area contributed by atoms with Gasteiger partial charge in [-0.15, -0.1) is 0 Å². The Bertz CT molecular complexity index is 860. The number of piperidine rings is 1. The number of carbonyl (C=O) groups excluding carboxylic acids is 1. The predicted molar refractivity (Wildman–Crippen MR) is 95.4 cm³/mol. The van der Waals surface area contributed by atoms with E-state index < -0.39 is 23.7 Å². The molecule has 2 saturated heterocycles. The van der Waals surface area contributed by atoms with Crippen LogP contribution in [0.25, 0.3) is 0 Å². The Balaban J connectivity index is 1.45. The number of fused-ring (bicyclic) bond motifs is 2. The first-order valence-corrected chi connectivity index (χ1v) is 9.37. The fourth-order valence-electron chi connectivity index (χ4n) is 4.27. The number of hydrogen-bond acceptors (Lipinski definition) is 5. The van der Waals surface area contributed by atoms with Gasteiger partial charge in [0.05, 0.1) is 5.60 Å². The Hall–Kier alpha value is -2.68. The zero-order valence-electron chi connectivity index (χ0n) is 15.5. The normalized spacial score (nSPS) is 26.4. The lowest BCUT2D eigenvalue weighted by atomic mass is 9.82. The van der Waals surface area contributed by atoms with E-state index in [4.69, 9.17) is 4.74 Å². The number of aliphatic hydroxyl groups is 1. The molecule has 2 fully saturated rings. The van der Waals surface area contributed by atoms with Crippen molar-refractivity contribution in [1.29, 1.82) is 0 Å². The summed E-state index contributed by atoms with van der Waals surface area (Å²) >= 11 is 0. The third kappa shape index (κ3) is 3.91. The van der Waals surface area contributed by atoms with E-state index in [1.807, 2.05) is 30.3 Å². The molecule has 2 aromatic rings. The number of hydrogen-bond donors (Lipinski definition) is 1.